The lowest BCUT2D eigenvalue weighted by atomic mass is 10.2. The minimum absolute atomic E-state index is 0.187. The number of hydrogen-bond acceptors (Lipinski definition) is 6. The van der Waals surface area contributed by atoms with Crippen molar-refractivity contribution in [2.45, 2.75) is 13.0 Å². The predicted molar refractivity (Wildman–Crippen MR) is 99.4 cm³/mol. The van der Waals surface area contributed by atoms with E-state index in [0.717, 1.165) is 21.7 Å². The summed E-state index contributed by atoms with van der Waals surface area (Å²) in [6, 6.07) is 19.5. The lowest BCUT2D eigenvalue weighted by molar-refractivity contribution is 0.225. The van der Waals surface area contributed by atoms with Crippen LogP contribution in [0.4, 0.5) is 0 Å². The highest BCUT2D eigenvalue weighted by molar-refractivity contribution is 7.16. The van der Waals surface area contributed by atoms with Gasteiger partial charge in [0.1, 0.15) is 17.4 Å². The van der Waals surface area contributed by atoms with E-state index >= 15 is 0 Å². The molecule has 128 valence electrons. The van der Waals surface area contributed by atoms with Gasteiger partial charge < -0.3 is 9.15 Å². The average Bonchev–Trinajstić information content (AvgIpc) is 3.35. The van der Waals surface area contributed by atoms with Crippen molar-refractivity contribution in [3.8, 4) is 17.3 Å². The summed E-state index contributed by atoms with van der Waals surface area (Å²) in [6.45, 7) is 1.97. The molecule has 0 spiro atoms. The van der Waals surface area contributed by atoms with E-state index < -0.39 is 0 Å². The third-order valence-corrected chi connectivity index (χ3v) is 5.12. The van der Waals surface area contributed by atoms with Crippen molar-refractivity contribution in [2.24, 2.45) is 0 Å². The fourth-order valence-corrected chi connectivity index (χ4v) is 3.61. The first kappa shape index (κ1) is 15.1. The van der Waals surface area contributed by atoms with Gasteiger partial charge in [0.25, 0.3) is 0 Å². The van der Waals surface area contributed by atoms with E-state index in [1.165, 1.54) is 11.3 Å². The molecule has 3 aromatic heterocycles. The largest absolute Gasteiger partial charge is 0.483 e. The number of benzene rings is 2. The fraction of sp³-hybridized carbons (Fsp3) is 0.105. The van der Waals surface area contributed by atoms with Gasteiger partial charge in [-0.25, -0.2) is 0 Å². The van der Waals surface area contributed by atoms with Crippen LogP contribution in [0.2, 0.25) is 0 Å². The van der Waals surface area contributed by atoms with Gasteiger partial charge in [-0.15, -0.1) is 10.2 Å². The molecule has 0 aliphatic rings. The molecule has 26 heavy (non-hydrogen) atoms. The molecule has 5 rings (SSSR count). The summed E-state index contributed by atoms with van der Waals surface area (Å²) in [5.41, 5.74) is 0.815. The van der Waals surface area contributed by atoms with Gasteiger partial charge in [0, 0.05) is 5.39 Å². The maximum Gasteiger partial charge on any atom is 0.235 e. The molecule has 0 aliphatic heterocycles. The zero-order chi connectivity index (χ0) is 17.5. The second kappa shape index (κ2) is 5.96. The maximum atomic E-state index is 5.96. The third kappa shape index (κ3) is 2.53. The van der Waals surface area contributed by atoms with E-state index in [1.54, 1.807) is 4.52 Å². The lowest BCUT2D eigenvalue weighted by Gasteiger charge is -2.11. The zero-order valence-electron chi connectivity index (χ0n) is 13.9. The Labute approximate surface area is 152 Å². The van der Waals surface area contributed by atoms with E-state index in [-0.39, 0.29) is 6.10 Å². The minimum atomic E-state index is -0.187. The topological polar surface area (TPSA) is 65.5 Å². The van der Waals surface area contributed by atoms with Crippen molar-refractivity contribution < 1.29 is 9.15 Å². The third-order valence-electron chi connectivity index (χ3n) is 4.06. The van der Waals surface area contributed by atoms with Crippen molar-refractivity contribution in [1.82, 2.24) is 19.8 Å². The van der Waals surface area contributed by atoms with Gasteiger partial charge in [0.05, 0.1) is 0 Å². The average molecular weight is 362 g/mol. The van der Waals surface area contributed by atoms with Crippen LogP contribution in [0.5, 0.6) is 5.75 Å². The van der Waals surface area contributed by atoms with Gasteiger partial charge in [0.15, 0.2) is 10.8 Å². The highest BCUT2D eigenvalue weighted by atomic mass is 32.1. The molecule has 6 nitrogen and oxygen atoms in total. The monoisotopic (exact) mass is 362 g/mol. The second-order valence-corrected chi connectivity index (χ2v) is 6.87. The van der Waals surface area contributed by atoms with Crippen molar-refractivity contribution >= 4 is 27.3 Å². The molecule has 0 radical (unpaired) electrons. The molecule has 0 saturated carbocycles. The van der Waals surface area contributed by atoms with E-state index in [9.17, 15) is 0 Å². The molecular weight excluding hydrogens is 348 g/mol. The van der Waals surface area contributed by atoms with Gasteiger partial charge in [-0.1, -0.05) is 47.7 Å². The summed E-state index contributed by atoms with van der Waals surface area (Å²) in [5.74, 6) is 2.04. The Hall–Kier alpha value is -3.19. The number of hydrogen-bond donors (Lipinski definition) is 0. The Morgan fingerprint density at radius 2 is 1.85 bits per heavy atom. The van der Waals surface area contributed by atoms with Gasteiger partial charge in [0.2, 0.25) is 10.8 Å². The van der Waals surface area contributed by atoms with Crippen LogP contribution in [-0.4, -0.2) is 19.8 Å². The molecule has 0 N–H and O–H groups in total. The van der Waals surface area contributed by atoms with Crippen LogP contribution in [0.3, 0.4) is 0 Å². The number of rotatable bonds is 4. The molecule has 0 saturated heterocycles. The molecule has 0 bridgehead atoms. The number of aromatic nitrogens is 4. The molecule has 0 amide bonds. The van der Waals surface area contributed by atoms with Gasteiger partial charge in [-0.3, -0.25) is 0 Å². The summed E-state index contributed by atoms with van der Waals surface area (Å²) in [5, 5.41) is 15.0. The maximum absolute atomic E-state index is 5.96. The molecule has 7 heteroatoms. The summed E-state index contributed by atoms with van der Waals surface area (Å²) in [4.78, 5) is 0.707. The lowest BCUT2D eigenvalue weighted by Crippen LogP contribution is -2.03. The Morgan fingerprint density at radius 3 is 2.69 bits per heavy atom. The molecule has 5 aromatic rings. The second-order valence-electron chi connectivity index (χ2n) is 5.88. The van der Waals surface area contributed by atoms with Gasteiger partial charge in [-0.05, 0) is 31.2 Å². The van der Waals surface area contributed by atoms with Crippen LogP contribution in [0.1, 0.15) is 18.0 Å². The van der Waals surface area contributed by atoms with Crippen LogP contribution < -0.4 is 4.74 Å². The predicted octanol–water partition coefficient (Wildman–Crippen LogP) is 4.74. The highest BCUT2D eigenvalue weighted by Crippen LogP contribution is 2.30. The normalized spacial score (nSPS) is 12.7. The molecular formula is C19H14N4O2S. The number of ether oxygens (including phenoxy) is 1. The van der Waals surface area contributed by atoms with Crippen molar-refractivity contribution in [1.29, 1.82) is 0 Å². The number of para-hydroxylation sites is 2. The first-order valence-corrected chi connectivity index (χ1v) is 9.02. The van der Waals surface area contributed by atoms with Crippen LogP contribution in [0.25, 0.3) is 27.5 Å². The van der Waals surface area contributed by atoms with Crippen LogP contribution >= 0.6 is 11.3 Å². The summed E-state index contributed by atoms with van der Waals surface area (Å²) < 4.78 is 13.6. The zero-order valence-corrected chi connectivity index (χ0v) is 14.7. The summed E-state index contributed by atoms with van der Waals surface area (Å²) >= 11 is 1.46. The number of fused-ring (bicyclic) bond motifs is 2. The van der Waals surface area contributed by atoms with E-state index in [0.29, 0.717) is 16.5 Å². The standard InChI is InChI=1S/C19H14N4O2S/c1-12(24-14-8-3-2-4-9-14)18-22-23-17(20-21-19(23)26-18)16-11-13-7-5-6-10-15(13)25-16/h2-12H,1H3/t12-/m0/s1. The minimum Gasteiger partial charge on any atom is -0.483 e. The van der Waals surface area contributed by atoms with Gasteiger partial charge >= 0.3 is 0 Å². The van der Waals surface area contributed by atoms with Crippen LogP contribution in [-0.2, 0) is 0 Å². The van der Waals surface area contributed by atoms with Crippen LogP contribution in [0, 0.1) is 0 Å². The molecule has 2 aromatic carbocycles. The van der Waals surface area contributed by atoms with E-state index in [2.05, 4.69) is 15.3 Å². The Balaban J connectivity index is 1.51. The van der Waals surface area contributed by atoms with Crippen LogP contribution in [0.15, 0.2) is 65.1 Å². The van der Waals surface area contributed by atoms with Crippen molar-refractivity contribution in [3.63, 3.8) is 0 Å². The van der Waals surface area contributed by atoms with E-state index in [4.69, 9.17) is 9.15 Å². The molecule has 0 aliphatic carbocycles. The van der Waals surface area contributed by atoms with Crippen molar-refractivity contribution in [2.75, 3.05) is 0 Å². The SMILES string of the molecule is C[C@H](Oc1ccccc1)c1nn2c(-c3cc4ccccc4o3)nnc2s1. The van der Waals surface area contributed by atoms with Gasteiger partial charge in [-0.2, -0.15) is 9.61 Å². The Morgan fingerprint density at radius 1 is 1.04 bits per heavy atom. The molecule has 1 atom stereocenters. The highest BCUT2D eigenvalue weighted by Gasteiger charge is 2.20. The molecule has 0 fully saturated rings. The quantitative estimate of drug-likeness (QED) is 0.462. The Bertz CT molecular complexity index is 1160. The smallest absolute Gasteiger partial charge is 0.235 e. The first-order valence-electron chi connectivity index (χ1n) is 8.21. The Kier molecular flexibility index (Phi) is 3.46. The fourth-order valence-electron chi connectivity index (χ4n) is 2.80. The van der Waals surface area contributed by atoms with Crippen molar-refractivity contribution in [3.05, 3.63) is 65.7 Å². The van der Waals surface area contributed by atoms with E-state index in [1.807, 2.05) is 67.6 Å². The first-order chi connectivity index (χ1) is 12.8. The number of furan rings is 1. The summed E-state index contributed by atoms with van der Waals surface area (Å²) in [7, 11) is 0. The summed E-state index contributed by atoms with van der Waals surface area (Å²) in [6.07, 6.45) is -0.187. The molecule has 0 unspecified atom stereocenters. The number of nitrogens with zero attached hydrogens (tertiary/aromatic N) is 4. The molecule has 3 heterocycles.